The minimum Gasteiger partial charge on any atom is -0.323 e. The summed E-state index contributed by atoms with van der Waals surface area (Å²) in [7, 11) is 0. The van der Waals surface area contributed by atoms with Crippen LogP contribution < -0.4 is 10.6 Å². The first-order valence-electron chi connectivity index (χ1n) is 7.07. The molecule has 2 saturated heterocycles. The van der Waals surface area contributed by atoms with Crippen LogP contribution >= 0.6 is 22.9 Å². The van der Waals surface area contributed by atoms with Gasteiger partial charge in [-0.1, -0.05) is 11.6 Å². The highest BCUT2D eigenvalue weighted by Gasteiger charge is 2.48. The van der Waals surface area contributed by atoms with E-state index < -0.39 is 5.54 Å². The number of halogens is 1. The number of nitrogens with zero attached hydrogens (tertiary/aromatic N) is 1. The van der Waals surface area contributed by atoms with Crippen LogP contribution in [0.2, 0.25) is 4.34 Å². The van der Waals surface area contributed by atoms with Crippen molar-refractivity contribution in [3.8, 4) is 0 Å². The van der Waals surface area contributed by atoms with Crippen LogP contribution in [-0.4, -0.2) is 35.5 Å². The fourth-order valence-corrected chi connectivity index (χ4v) is 4.30. The third-order valence-corrected chi connectivity index (χ3v) is 5.62. The Kier molecular flexibility index (Phi) is 3.94. The van der Waals surface area contributed by atoms with E-state index in [-0.39, 0.29) is 17.9 Å². The van der Waals surface area contributed by atoms with E-state index in [0.29, 0.717) is 0 Å². The lowest BCUT2D eigenvalue weighted by molar-refractivity contribution is -0.126. The van der Waals surface area contributed by atoms with Gasteiger partial charge in [-0.05, 0) is 38.4 Å². The van der Waals surface area contributed by atoms with Gasteiger partial charge >= 0.3 is 6.03 Å². The number of imide groups is 1. The quantitative estimate of drug-likeness (QED) is 0.837. The van der Waals surface area contributed by atoms with Crippen LogP contribution in [0.15, 0.2) is 12.1 Å². The number of rotatable bonds is 3. The number of amides is 3. The minimum atomic E-state index is -0.789. The lowest BCUT2D eigenvalue weighted by atomic mass is 9.80. The Labute approximate surface area is 132 Å². The number of urea groups is 1. The first-order chi connectivity index (χ1) is 9.97. The average molecular weight is 328 g/mol. The fourth-order valence-electron chi connectivity index (χ4n) is 3.17. The molecule has 3 heterocycles. The third-order valence-electron chi connectivity index (χ3n) is 4.40. The molecular weight excluding hydrogens is 310 g/mol. The van der Waals surface area contributed by atoms with Crippen LogP contribution in [0.5, 0.6) is 0 Å². The zero-order valence-corrected chi connectivity index (χ0v) is 13.4. The van der Waals surface area contributed by atoms with E-state index in [4.69, 9.17) is 11.6 Å². The lowest BCUT2D eigenvalue weighted by Gasteiger charge is -2.39. The largest absolute Gasteiger partial charge is 0.323 e. The van der Waals surface area contributed by atoms with E-state index in [1.54, 1.807) is 11.3 Å². The maximum Gasteiger partial charge on any atom is 0.322 e. The van der Waals surface area contributed by atoms with Gasteiger partial charge in [-0.25, -0.2) is 4.79 Å². The highest BCUT2D eigenvalue weighted by Crippen LogP contribution is 2.31. The molecule has 5 nitrogen and oxygen atoms in total. The molecule has 0 spiro atoms. The zero-order chi connectivity index (χ0) is 15.0. The highest BCUT2D eigenvalue weighted by atomic mass is 35.5. The van der Waals surface area contributed by atoms with Gasteiger partial charge < -0.3 is 5.32 Å². The molecule has 2 fully saturated rings. The highest BCUT2D eigenvalue weighted by molar-refractivity contribution is 7.16. The topological polar surface area (TPSA) is 61.4 Å². The van der Waals surface area contributed by atoms with Gasteiger partial charge in [0.1, 0.15) is 5.54 Å². The van der Waals surface area contributed by atoms with Crippen LogP contribution in [0.3, 0.4) is 0 Å². The smallest absolute Gasteiger partial charge is 0.322 e. The predicted molar refractivity (Wildman–Crippen MR) is 82.4 cm³/mol. The van der Waals surface area contributed by atoms with Gasteiger partial charge in [-0.3, -0.25) is 15.0 Å². The minimum absolute atomic E-state index is 0.133. The molecule has 3 amide bonds. The molecule has 114 valence electrons. The van der Waals surface area contributed by atoms with Crippen LogP contribution in [-0.2, 0) is 11.3 Å². The van der Waals surface area contributed by atoms with Gasteiger partial charge in [0.15, 0.2) is 0 Å². The van der Waals surface area contributed by atoms with Gasteiger partial charge in [-0.15, -0.1) is 11.3 Å². The van der Waals surface area contributed by atoms with Crippen molar-refractivity contribution in [2.75, 3.05) is 13.1 Å². The van der Waals surface area contributed by atoms with Crippen LogP contribution in [0.25, 0.3) is 0 Å². The molecule has 0 bridgehead atoms. The summed E-state index contributed by atoms with van der Waals surface area (Å²) >= 11 is 7.56. The molecule has 7 heteroatoms. The molecule has 21 heavy (non-hydrogen) atoms. The normalized spacial score (nSPS) is 30.3. The predicted octanol–water partition coefficient (Wildman–Crippen LogP) is 2.21. The molecule has 0 aliphatic carbocycles. The monoisotopic (exact) mass is 327 g/mol. The number of piperidine rings is 1. The van der Waals surface area contributed by atoms with Crippen molar-refractivity contribution in [3.63, 3.8) is 0 Å². The molecule has 2 N–H and O–H groups in total. The Morgan fingerprint density at radius 3 is 2.90 bits per heavy atom. The van der Waals surface area contributed by atoms with Crippen molar-refractivity contribution in [3.05, 3.63) is 21.3 Å². The number of nitrogens with one attached hydrogen (secondary N) is 2. The van der Waals surface area contributed by atoms with Gasteiger partial charge in [-0.2, -0.15) is 0 Å². The standard InChI is InChI=1S/C14H18ClN3O2S/c1-14(12(19)16-13(20)17-14)9-3-2-6-18(7-9)8-10-4-5-11(15)21-10/h4-5,9H,2-3,6-8H2,1H3,(H2,16,17,19,20)/t9-,14-/m1/s1. The summed E-state index contributed by atoms with van der Waals surface area (Å²) < 4.78 is 0.799. The number of likely N-dealkylation sites (tertiary alicyclic amines) is 1. The Morgan fingerprint density at radius 1 is 1.48 bits per heavy atom. The summed E-state index contributed by atoms with van der Waals surface area (Å²) in [6.45, 7) is 4.49. The summed E-state index contributed by atoms with van der Waals surface area (Å²) in [5.74, 6) is -0.0772. The SMILES string of the molecule is C[C@]1([C@@H]2CCCN(Cc3ccc(Cl)s3)C2)NC(=O)NC1=O. The van der Waals surface area contributed by atoms with Gasteiger partial charge in [0.2, 0.25) is 0 Å². The Hall–Kier alpha value is -1.11. The molecule has 0 aromatic carbocycles. The molecule has 2 atom stereocenters. The number of hydrogen-bond donors (Lipinski definition) is 2. The van der Waals surface area contributed by atoms with Crippen molar-refractivity contribution >= 4 is 34.9 Å². The van der Waals surface area contributed by atoms with E-state index in [9.17, 15) is 9.59 Å². The van der Waals surface area contributed by atoms with E-state index in [2.05, 4.69) is 15.5 Å². The molecule has 3 rings (SSSR count). The molecule has 2 aliphatic heterocycles. The van der Waals surface area contributed by atoms with E-state index >= 15 is 0 Å². The first-order valence-corrected chi connectivity index (χ1v) is 8.27. The van der Waals surface area contributed by atoms with E-state index in [0.717, 1.165) is 36.8 Å². The summed E-state index contributed by atoms with van der Waals surface area (Å²) in [5, 5.41) is 5.14. The Bertz CT molecular complexity index is 576. The third kappa shape index (κ3) is 2.93. The summed E-state index contributed by atoms with van der Waals surface area (Å²) in [6.07, 6.45) is 1.98. The first kappa shape index (κ1) is 14.8. The summed E-state index contributed by atoms with van der Waals surface area (Å²) in [5.41, 5.74) is -0.789. The zero-order valence-electron chi connectivity index (χ0n) is 11.8. The number of hydrogen-bond acceptors (Lipinski definition) is 4. The van der Waals surface area contributed by atoms with Crippen molar-refractivity contribution in [2.24, 2.45) is 5.92 Å². The van der Waals surface area contributed by atoms with Crippen molar-refractivity contribution < 1.29 is 9.59 Å². The van der Waals surface area contributed by atoms with Gasteiger partial charge in [0.25, 0.3) is 5.91 Å². The van der Waals surface area contributed by atoms with Crippen LogP contribution in [0.1, 0.15) is 24.6 Å². The summed E-state index contributed by atoms with van der Waals surface area (Å²) in [6, 6.07) is 3.57. The fraction of sp³-hybridized carbons (Fsp3) is 0.571. The molecule has 1 aromatic heterocycles. The lowest BCUT2D eigenvalue weighted by Crippen LogP contribution is -2.55. The van der Waals surface area contributed by atoms with Gasteiger partial charge in [0.05, 0.1) is 4.34 Å². The Morgan fingerprint density at radius 2 is 2.29 bits per heavy atom. The number of carbonyl (C=O) groups excluding carboxylic acids is 2. The van der Waals surface area contributed by atoms with E-state index in [1.807, 2.05) is 19.1 Å². The number of carbonyl (C=O) groups is 2. The van der Waals surface area contributed by atoms with Crippen LogP contribution in [0, 0.1) is 5.92 Å². The molecule has 1 aromatic rings. The maximum absolute atomic E-state index is 12.0. The Balaban J connectivity index is 1.68. The van der Waals surface area contributed by atoms with E-state index in [1.165, 1.54) is 4.88 Å². The molecular formula is C14H18ClN3O2S. The second-order valence-corrected chi connectivity index (χ2v) is 7.69. The summed E-state index contributed by atoms with van der Waals surface area (Å²) in [4.78, 5) is 27.0. The molecule has 0 saturated carbocycles. The molecule has 2 aliphatic rings. The average Bonchev–Trinajstić information content (AvgIpc) is 2.94. The van der Waals surface area contributed by atoms with Crippen LogP contribution in [0.4, 0.5) is 4.79 Å². The van der Waals surface area contributed by atoms with Crippen molar-refractivity contribution in [2.45, 2.75) is 31.8 Å². The maximum atomic E-state index is 12.0. The molecule has 0 radical (unpaired) electrons. The second kappa shape index (κ2) is 5.59. The number of thiophene rings is 1. The van der Waals surface area contributed by atoms with Crippen molar-refractivity contribution in [1.29, 1.82) is 0 Å². The van der Waals surface area contributed by atoms with Gasteiger partial charge in [0, 0.05) is 23.9 Å². The molecule has 0 unspecified atom stereocenters. The van der Waals surface area contributed by atoms with Crippen molar-refractivity contribution in [1.82, 2.24) is 15.5 Å². The second-order valence-electron chi connectivity index (χ2n) is 5.89.